The van der Waals surface area contributed by atoms with Gasteiger partial charge in [0.2, 0.25) is 0 Å². The van der Waals surface area contributed by atoms with Crippen LogP contribution in [0.1, 0.15) is 0 Å². The number of carbonyl (C=O) groups excluding carboxylic acids is 2. The number of alkyl carbamates (subject to hydrolysis) is 2. The molecule has 0 saturated heterocycles. The number of methoxy groups -OCH3 is 2. The van der Waals surface area contributed by atoms with Crippen LogP contribution in [-0.2, 0) is 9.47 Å². The molecule has 2 amide bonds. The first-order chi connectivity index (χ1) is 10.5. The van der Waals surface area contributed by atoms with Crippen molar-refractivity contribution >= 4 is 58.2 Å². The molecule has 1 rings (SSSR count). The van der Waals surface area contributed by atoms with Gasteiger partial charge in [0.25, 0.3) is 0 Å². The largest absolute Gasteiger partial charge is 0.453 e. The maximum Gasteiger partial charge on any atom is 0.413 e. The summed E-state index contributed by atoms with van der Waals surface area (Å²) in [4.78, 5) is 22.1. The molecule has 1 aromatic rings. The zero-order valence-corrected chi connectivity index (χ0v) is 13.9. The fraction of sp³-hybridized carbons (Fsp3) is 0.167. The van der Waals surface area contributed by atoms with E-state index >= 15 is 0 Å². The first-order valence-electron chi connectivity index (χ1n) is 5.87. The van der Waals surface area contributed by atoms with E-state index in [4.69, 9.17) is 24.4 Å². The molecule has 0 aliphatic carbocycles. The molecule has 6 N–H and O–H groups in total. The number of anilines is 2. The molecule has 9 nitrogen and oxygen atoms in total. The number of amides is 2. The van der Waals surface area contributed by atoms with Crippen molar-refractivity contribution in [2.24, 2.45) is 0 Å². The molecule has 1 aromatic carbocycles. The summed E-state index contributed by atoms with van der Waals surface area (Å²) in [6, 6.07) is 6.92. The van der Waals surface area contributed by atoms with E-state index in [1.807, 2.05) is 0 Å². The molecular weight excluding hydrogens is 344 g/mol. The summed E-state index contributed by atoms with van der Waals surface area (Å²) in [5.74, 6) is 0. The highest BCUT2D eigenvalue weighted by Gasteiger charge is 2.09. The van der Waals surface area contributed by atoms with Gasteiger partial charge < -0.3 is 25.6 Å². The van der Waals surface area contributed by atoms with Crippen LogP contribution in [0.25, 0.3) is 0 Å². The second-order valence-corrected chi connectivity index (χ2v) is 4.50. The summed E-state index contributed by atoms with van der Waals surface area (Å²) in [6.45, 7) is 0. The second kappa shape index (κ2) is 10.3. The molecule has 0 aliphatic heterocycles. The van der Waals surface area contributed by atoms with Gasteiger partial charge >= 0.3 is 12.2 Å². The van der Waals surface area contributed by atoms with Crippen LogP contribution in [0.3, 0.4) is 0 Å². The van der Waals surface area contributed by atoms with Crippen molar-refractivity contribution in [2.45, 2.75) is 0 Å². The van der Waals surface area contributed by atoms with Crippen LogP contribution in [-0.4, -0.2) is 42.1 Å². The third kappa shape index (κ3) is 7.35. The summed E-state index contributed by atoms with van der Waals surface area (Å²) >= 11 is 9.93. The Morgan fingerprint density at radius 1 is 0.870 bits per heavy atom. The molecule has 23 heavy (non-hydrogen) atoms. The molecule has 0 bridgehead atoms. The van der Waals surface area contributed by atoms with Crippen LogP contribution in [0.4, 0.5) is 21.0 Å². The normalized spacial score (nSPS) is 8.78. The minimum absolute atomic E-state index is 0. The number of rotatable bonds is 2. The molecule has 0 fully saturated rings. The summed E-state index contributed by atoms with van der Waals surface area (Å²) in [7, 11) is 2.45. The lowest BCUT2D eigenvalue weighted by molar-refractivity contribution is 0.176. The summed E-state index contributed by atoms with van der Waals surface area (Å²) in [5, 5.41) is 10.3. The fourth-order valence-corrected chi connectivity index (χ4v) is 1.68. The topological polar surface area (TPSA) is 132 Å². The molecule has 126 valence electrons. The smallest absolute Gasteiger partial charge is 0.413 e. The molecule has 0 aromatic heterocycles. The van der Waals surface area contributed by atoms with E-state index in [0.717, 1.165) is 0 Å². The Morgan fingerprint density at radius 3 is 1.52 bits per heavy atom. The van der Waals surface area contributed by atoms with E-state index in [1.54, 1.807) is 24.3 Å². The van der Waals surface area contributed by atoms with Crippen LogP contribution < -0.4 is 21.3 Å². The Bertz CT molecular complexity index is 546. The van der Waals surface area contributed by atoms with Crippen LogP contribution in [0, 0.1) is 0 Å². The minimum Gasteiger partial charge on any atom is -0.453 e. The Kier molecular flexibility index (Phi) is 9.15. The Labute approximate surface area is 143 Å². The van der Waals surface area contributed by atoms with Gasteiger partial charge in [-0.15, -0.1) is 0 Å². The van der Waals surface area contributed by atoms with Gasteiger partial charge in [0.1, 0.15) is 0 Å². The average molecular weight is 360 g/mol. The predicted molar refractivity (Wildman–Crippen MR) is 93.6 cm³/mol. The Hall–Kier alpha value is -2.50. The van der Waals surface area contributed by atoms with Crippen LogP contribution in [0.2, 0.25) is 0 Å². The summed E-state index contributed by atoms with van der Waals surface area (Å²) < 4.78 is 8.87. The Morgan fingerprint density at radius 2 is 1.22 bits per heavy atom. The molecular formula is C12H16N4O5S2. The van der Waals surface area contributed by atoms with Gasteiger partial charge in [0, 0.05) is 0 Å². The number of para-hydroxylation sites is 2. The molecule has 11 heteroatoms. The number of hydrogen-bond acceptors (Lipinski definition) is 6. The quantitative estimate of drug-likeness (QED) is 0.574. The van der Waals surface area contributed by atoms with Gasteiger partial charge in [-0.05, 0) is 36.6 Å². The highest BCUT2D eigenvalue weighted by Crippen LogP contribution is 2.20. The zero-order valence-electron chi connectivity index (χ0n) is 12.3. The van der Waals surface area contributed by atoms with Crippen molar-refractivity contribution in [3.63, 3.8) is 0 Å². The fourth-order valence-electron chi connectivity index (χ4n) is 1.30. The first kappa shape index (κ1) is 20.5. The summed E-state index contributed by atoms with van der Waals surface area (Å²) in [5.41, 5.74) is 1.08. The van der Waals surface area contributed by atoms with Crippen molar-refractivity contribution < 1.29 is 24.5 Å². The van der Waals surface area contributed by atoms with E-state index < -0.39 is 12.2 Å². The lowest BCUT2D eigenvalue weighted by atomic mass is 10.2. The molecule has 0 atom stereocenters. The molecule has 0 unspecified atom stereocenters. The number of thiocarbonyl (C=S) groups is 2. The number of ether oxygens (including phenoxy) is 2. The van der Waals surface area contributed by atoms with Gasteiger partial charge in [-0.1, -0.05) is 12.1 Å². The van der Waals surface area contributed by atoms with E-state index in [2.05, 4.69) is 30.7 Å². The van der Waals surface area contributed by atoms with Crippen molar-refractivity contribution in [1.29, 1.82) is 0 Å². The van der Waals surface area contributed by atoms with Crippen LogP contribution in [0.15, 0.2) is 24.3 Å². The molecule has 0 heterocycles. The standard InChI is InChI=1S/C12H14N4O4S2.H2O/c1-19-11(17)15-9(21)13-7-5-3-4-6-8(7)14-10(22)16-12(18)20-2;/h3-6H,1-2H3,(H2,13,15,17,21)(H2,14,16,18,22);1H2. The van der Waals surface area contributed by atoms with E-state index in [1.165, 1.54) is 14.2 Å². The Balaban J connectivity index is 0.00000484. The van der Waals surface area contributed by atoms with Crippen molar-refractivity contribution in [3.8, 4) is 0 Å². The van der Waals surface area contributed by atoms with Gasteiger partial charge in [-0.3, -0.25) is 10.6 Å². The number of carbonyl (C=O) groups is 2. The van der Waals surface area contributed by atoms with E-state index in [9.17, 15) is 9.59 Å². The number of nitrogens with one attached hydrogen (secondary N) is 4. The summed E-state index contributed by atoms with van der Waals surface area (Å²) in [6.07, 6.45) is -1.38. The van der Waals surface area contributed by atoms with E-state index in [-0.39, 0.29) is 15.7 Å². The van der Waals surface area contributed by atoms with Crippen molar-refractivity contribution in [1.82, 2.24) is 10.6 Å². The first-order valence-corrected chi connectivity index (χ1v) is 6.69. The monoisotopic (exact) mass is 360 g/mol. The second-order valence-electron chi connectivity index (χ2n) is 3.69. The lowest BCUT2D eigenvalue weighted by Crippen LogP contribution is -2.35. The van der Waals surface area contributed by atoms with Gasteiger partial charge in [0.05, 0.1) is 25.6 Å². The molecule has 0 saturated carbocycles. The molecule has 0 spiro atoms. The highest BCUT2D eigenvalue weighted by molar-refractivity contribution is 7.80. The predicted octanol–water partition coefficient (Wildman–Crippen LogP) is 0.967. The molecule has 0 radical (unpaired) electrons. The third-order valence-electron chi connectivity index (χ3n) is 2.23. The number of benzene rings is 1. The van der Waals surface area contributed by atoms with Crippen LogP contribution >= 0.6 is 24.4 Å². The maximum atomic E-state index is 11.1. The highest BCUT2D eigenvalue weighted by atomic mass is 32.1. The maximum absolute atomic E-state index is 11.1. The van der Waals surface area contributed by atoms with Crippen molar-refractivity contribution in [3.05, 3.63) is 24.3 Å². The van der Waals surface area contributed by atoms with Gasteiger partial charge in [-0.2, -0.15) is 0 Å². The minimum atomic E-state index is -0.689. The zero-order chi connectivity index (χ0) is 16.5. The van der Waals surface area contributed by atoms with Gasteiger partial charge in [0.15, 0.2) is 10.2 Å². The van der Waals surface area contributed by atoms with Crippen molar-refractivity contribution in [2.75, 3.05) is 24.9 Å². The van der Waals surface area contributed by atoms with Crippen LogP contribution in [0.5, 0.6) is 0 Å². The lowest BCUT2D eigenvalue weighted by Gasteiger charge is -2.15. The van der Waals surface area contributed by atoms with Gasteiger partial charge in [-0.25, -0.2) is 9.59 Å². The SMILES string of the molecule is COC(=O)NC(=S)Nc1ccccc1NC(=S)NC(=O)OC.O. The third-order valence-corrected chi connectivity index (χ3v) is 2.63. The number of hydrogen-bond donors (Lipinski definition) is 4. The average Bonchev–Trinajstić information content (AvgIpc) is 2.48. The molecule has 0 aliphatic rings. The van der Waals surface area contributed by atoms with E-state index in [0.29, 0.717) is 11.4 Å².